The molecule has 0 unspecified atom stereocenters. The number of thiocarbonyl (C=S) groups is 1. The number of benzene rings is 2. The summed E-state index contributed by atoms with van der Waals surface area (Å²) in [6, 6.07) is 15.0. The van der Waals surface area contributed by atoms with Crippen LogP contribution in [0, 0.1) is 0 Å². The zero-order valence-electron chi connectivity index (χ0n) is 16.7. The Balaban J connectivity index is 1.97. The third-order valence-corrected chi connectivity index (χ3v) is 4.48. The van der Waals surface area contributed by atoms with E-state index >= 15 is 0 Å². The Hall–Kier alpha value is -2.64. The van der Waals surface area contributed by atoms with E-state index in [-0.39, 0.29) is 12.0 Å². The number of nitrogens with zero attached hydrogens (tertiary/aromatic N) is 1. The maximum Gasteiger partial charge on any atom is 0.338 e. The van der Waals surface area contributed by atoms with Gasteiger partial charge in [0.25, 0.3) is 0 Å². The molecule has 1 atom stereocenters. The van der Waals surface area contributed by atoms with E-state index in [4.69, 9.17) is 21.7 Å². The van der Waals surface area contributed by atoms with Gasteiger partial charge in [0.05, 0.1) is 25.3 Å². The number of hydrogen-bond donors (Lipinski definition) is 2. The third kappa shape index (κ3) is 5.94. The van der Waals surface area contributed by atoms with Crippen LogP contribution in [0.15, 0.2) is 48.5 Å². The fraction of sp³-hybridized carbons (Fsp3) is 0.333. The molecule has 0 aromatic heterocycles. The van der Waals surface area contributed by atoms with Gasteiger partial charge in [-0.3, -0.25) is 0 Å². The van der Waals surface area contributed by atoms with Crippen molar-refractivity contribution in [3.05, 3.63) is 59.7 Å². The number of likely N-dealkylation sites (N-methyl/N-ethyl adjacent to an activating group) is 1. The quantitative estimate of drug-likeness (QED) is 0.519. The highest BCUT2D eigenvalue weighted by molar-refractivity contribution is 7.80. The maximum absolute atomic E-state index is 11.7. The van der Waals surface area contributed by atoms with Crippen LogP contribution in [-0.2, 0) is 4.74 Å². The van der Waals surface area contributed by atoms with Crippen LogP contribution in [0.4, 0.5) is 5.69 Å². The van der Waals surface area contributed by atoms with Crippen LogP contribution in [0.1, 0.15) is 28.9 Å². The van der Waals surface area contributed by atoms with Crippen LogP contribution in [0.3, 0.4) is 0 Å². The van der Waals surface area contributed by atoms with Gasteiger partial charge < -0.3 is 25.0 Å². The second-order valence-corrected chi connectivity index (χ2v) is 6.76. The number of hydrogen-bond acceptors (Lipinski definition) is 5. The van der Waals surface area contributed by atoms with Crippen molar-refractivity contribution in [3.63, 3.8) is 0 Å². The fourth-order valence-corrected chi connectivity index (χ4v) is 2.98. The number of anilines is 1. The van der Waals surface area contributed by atoms with E-state index in [0.29, 0.717) is 23.8 Å². The first-order valence-corrected chi connectivity index (χ1v) is 9.48. The van der Waals surface area contributed by atoms with Gasteiger partial charge in [0.15, 0.2) is 5.11 Å². The Morgan fingerprint density at radius 3 is 2.43 bits per heavy atom. The van der Waals surface area contributed by atoms with Crippen molar-refractivity contribution in [2.24, 2.45) is 0 Å². The van der Waals surface area contributed by atoms with Gasteiger partial charge in [-0.2, -0.15) is 0 Å². The van der Waals surface area contributed by atoms with Crippen LogP contribution in [0.25, 0.3) is 0 Å². The van der Waals surface area contributed by atoms with Gasteiger partial charge in [-0.1, -0.05) is 18.2 Å². The summed E-state index contributed by atoms with van der Waals surface area (Å²) in [5.74, 6) is 0.511. The Morgan fingerprint density at radius 2 is 1.82 bits per heavy atom. The van der Waals surface area contributed by atoms with E-state index in [1.54, 1.807) is 38.3 Å². The van der Waals surface area contributed by atoms with Crippen LogP contribution in [0.5, 0.6) is 5.75 Å². The third-order valence-electron chi connectivity index (χ3n) is 4.23. The number of carbonyl (C=O) groups excluding carboxylic acids is 1. The normalized spacial score (nSPS) is 11.6. The second-order valence-electron chi connectivity index (χ2n) is 6.35. The number of ether oxygens (including phenoxy) is 2. The molecule has 0 saturated carbocycles. The molecule has 0 aliphatic heterocycles. The first-order chi connectivity index (χ1) is 13.5. The van der Waals surface area contributed by atoms with Crippen LogP contribution in [-0.4, -0.2) is 50.3 Å². The van der Waals surface area contributed by atoms with Crippen molar-refractivity contribution in [1.82, 2.24) is 10.2 Å². The molecule has 2 aromatic rings. The summed E-state index contributed by atoms with van der Waals surface area (Å²) in [5.41, 5.74) is 2.39. The molecule has 0 fully saturated rings. The number of esters is 1. The number of rotatable bonds is 8. The number of nitrogens with one attached hydrogen (secondary N) is 2. The lowest BCUT2D eigenvalue weighted by molar-refractivity contribution is 0.0526. The highest BCUT2D eigenvalue weighted by Gasteiger charge is 2.18. The maximum atomic E-state index is 11.7. The zero-order valence-corrected chi connectivity index (χ0v) is 17.5. The van der Waals surface area contributed by atoms with E-state index < -0.39 is 0 Å². The van der Waals surface area contributed by atoms with Gasteiger partial charge in [0.1, 0.15) is 5.75 Å². The molecule has 0 aliphatic carbocycles. The molecule has 0 aliphatic rings. The topological polar surface area (TPSA) is 62.8 Å². The molecule has 0 heterocycles. The van der Waals surface area contributed by atoms with Gasteiger partial charge in [0, 0.05) is 17.8 Å². The molecule has 0 spiro atoms. The van der Waals surface area contributed by atoms with Gasteiger partial charge >= 0.3 is 5.97 Å². The number of methoxy groups -OCH3 is 1. The highest BCUT2D eigenvalue weighted by Crippen LogP contribution is 2.27. The lowest BCUT2D eigenvalue weighted by Crippen LogP contribution is -2.36. The van der Waals surface area contributed by atoms with Crippen molar-refractivity contribution in [2.45, 2.75) is 13.0 Å². The first kappa shape index (κ1) is 21.7. The van der Waals surface area contributed by atoms with E-state index in [9.17, 15) is 4.79 Å². The van der Waals surface area contributed by atoms with E-state index in [1.807, 2.05) is 32.3 Å². The second kappa shape index (κ2) is 10.6. The van der Waals surface area contributed by atoms with Crippen molar-refractivity contribution in [1.29, 1.82) is 0 Å². The standard InChI is InChI=1S/C21H27N3O3S/c1-5-27-20(25)15-10-12-16(13-11-15)23-21(28)22-14-18(24(2)3)17-8-6-7-9-19(17)26-4/h6-13,18H,5,14H2,1-4H3,(H2,22,23,28)/t18-/m1/s1. The van der Waals surface area contributed by atoms with Crippen LogP contribution >= 0.6 is 12.2 Å². The summed E-state index contributed by atoms with van der Waals surface area (Å²) in [6.45, 7) is 2.75. The average molecular weight is 402 g/mol. The van der Waals surface area contributed by atoms with E-state index in [0.717, 1.165) is 17.0 Å². The summed E-state index contributed by atoms with van der Waals surface area (Å²) in [7, 11) is 5.71. The van der Waals surface area contributed by atoms with Gasteiger partial charge in [-0.25, -0.2) is 4.79 Å². The van der Waals surface area contributed by atoms with Crippen LogP contribution < -0.4 is 15.4 Å². The minimum atomic E-state index is -0.333. The summed E-state index contributed by atoms with van der Waals surface area (Å²) < 4.78 is 10.5. The Kier molecular flexibility index (Phi) is 8.22. The number of para-hydroxylation sites is 1. The van der Waals surface area contributed by atoms with Crippen molar-refractivity contribution in [2.75, 3.05) is 39.7 Å². The molecule has 6 nitrogen and oxygen atoms in total. The molecule has 0 amide bonds. The first-order valence-electron chi connectivity index (χ1n) is 9.07. The largest absolute Gasteiger partial charge is 0.496 e. The minimum Gasteiger partial charge on any atom is -0.496 e. The molecule has 2 N–H and O–H groups in total. The number of carbonyl (C=O) groups is 1. The van der Waals surface area contributed by atoms with Crippen molar-refractivity contribution >= 4 is 29.0 Å². The van der Waals surface area contributed by atoms with Gasteiger partial charge in [-0.05, 0) is 63.6 Å². The molecule has 2 aromatic carbocycles. The Labute approximate surface area is 171 Å². The summed E-state index contributed by atoms with van der Waals surface area (Å²) in [4.78, 5) is 13.8. The van der Waals surface area contributed by atoms with Crippen molar-refractivity contribution < 1.29 is 14.3 Å². The fourth-order valence-electron chi connectivity index (χ4n) is 2.78. The van der Waals surface area contributed by atoms with Gasteiger partial charge in [-0.15, -0.1) is 0 Å². The average Bonchev–Trinajstić information content (AvgIpc) is 2.69. The molecule has 28 heavy (non-hydrogen) atoms. The molecule has 150 valence electrons. The predicted molar refractivity (Wildman–Crippen MR) is 116 cm³/mol. The molecule has 0 saturated heterocycles. The molecule has 0 radical (unpaired) electrons. The monoisotopic (exact) mass is 401 g/mol. The zero-order chi connectivity index (χ0) is 20.5. The molecular formula is C21H27N3O3S. The van der Waals surface area contributed by atoms with Crippen LogP contribution in [0.2, 0.25) is 0 Å². The Bertz CT molecular complexity index is 794. The lowest BCUT2D eigenvalue weighted by Gasteiger charge is -2.27. The molecule has 7 heteroatoms. The predicted octanol–water partition coefficient (Wildman–Crippen LogP) is 3.46. The van der Waals surface area contributed by atoms with E-state index in [2.05, 4.69) is 21.6 Å². The lowest BCUT2D eigenvalue weighted by atomic mass is 10.0. The molecule has 2 rings (SSSR count). The molecular weight excluding hydrogens is 374 g/mol. The summed E-state index contributed by atoms with van der Waals surface area (Å²) in [5, 5.41) is 6.89. The Morgan fingerprint density at radius 1 is 1.14 bits per heavy atom. The van der Waals surface area contributed by atoms with E-state index in [1.165, 1.54) is 0 Å². The van der Waals surface area contributed by atoms with Crippen molar-refractivity contribution in [3.8, 4) is 5.75 Å². The molecule has 0 bridgehead atoms. The summed E-state index contributed by atoms with van der Waals surface area (Å²) in [6.07, 6.45) is 0. The van der Waals surface area contributed by atoms with Gasteiger partial charge in [0.2, 0.25) is 0 Å². The smallest absolute Gasteiger partial charge is 0.338 e. The summed E-state index contributed by atoms with van der Waals surface area (Å²) >= 11 is 5.41. The minimum absolute atomic E-state index is 0.0853. The SMILES string of the molecule is CCOC(=O)c1ccc(NC(=S)NC[C@H](c2ccccc2OC)N(C)C)cc1. The highest BCUT2D eigenvalue weighted by atomic mass is 32.1.